The standard InChI is InChI=1S/C22H22N2O2/c1-23(17-18-13-15-21(26-2)16-14-18)22(25)24(19-9-5-3-6-10-19)20-11-7-4-8-12-20/h3-16H,17H2,1-2H3. The summed E-state index contributed by atoms with van der Waals surface area (Å²) in [5.41, 5.74) is 2.72. The molecule has 0 radical (unpaired) electrons. The van der Waals surface area contributed by atoms with E-state index in [0.29, 0.717) is 6.54 Å². The van der Waals surface area contributed by atoms with E-state index in [1.807, 2.05) is 92.0 Å². The van der Waals surface area contributed by atoms with E-state index >= 15 is 0 Å². The Kier molecular flexibility index (Phi) is 5.54. The summed E-state index contributed by atoms with van der Waals surface area (Å²) in [7, 11) is 3.45. The molecule has 0 saturated carbocycles. The van der Waals surface area contributed by atoms with E-state index in [0.717, 1.165) is 22.7 Å². The Morgan fingerprint density at radius 1 is 0.808 bits per heavy atom. The van der Waals surface area contributed by atoms with Crippen molar-refractivity contribution in [2.75, 3.05) is 19.1 Å². The fraction of sp³-hybridized carbons (Fsp3) is 0.136. The summed E-state index contributed by atoms with van der Waals surface area (Å²) < 4.78 is 5.19. The molecule has 0 aromatic heterocycles. The van der Waals surface area contributed by atoms with Crippen molar-refractivity contribution in [3.63, 3.8) is 0 Å². The second kappa shape index (κ2) is 8.21. The average Bonchev–Trinajstić information content (AvgIpc) is 2.70. The minimum atomic E-state index is -0.0850. The first kappa shape index (κ1) is 17.5. The molecular formula is C22H22N2O2. The zero-order valence-electron chi connectivity index (χ0n) is 15.0. The quantitative estimate of drug-likeness (QED) is 0.645. The van der Waals surface area contributed by atoms with Crippen LogP contribution in [0.2, 0.25) is 0 Å². The number of methoxy groups -OCH3 is 1. The minimum Gasteiger partial charge on any atom is -0.497 e. The molecule has 0 spiro atoms. The fourth-order valence-corrected chi connectivity index (χ4v) is 2.77. The van der Waals surface area contributed by atoms with Crippen LogP contribution in [0.4, 0.5) is 16.2 Å². The highest BCUT2D eigenvalue weighted by Gasteiger charge is 2.21. The van der Waals surface area contributed by atoms with Crippen molar-refractivity contribution in [2.24, 2.45) is 0 Å². The third-order valence-corrected chi connectivity index (χ3v) is 4.13. The average molecular weight is 346 g/mol. The molecule has 3 aromatic carbocycles. The van der Waals surface area contributed by atoms with Crippen molar-refractivity contribution in [3.8, 4) is 5.75 Å². The van der Waals surface area contributed by atoms with Crippen molar-refractivity contribution in [3.05, 3.63) is 90.5 Å². The number of carbonyl (C=O) groups is 1. The van der Waals surface area contributed by atoms with E-state index in [1.165, 1.54) is 0 Å². The second-order valence-corrected chi connectivity index (χ2v) is 5.99. The third kappa shape index (κ3) is 4.03. The third-order valence-electron chi connectivity index (χ3n) is 4.13. The van der Waals surface area contributed by atoms with E-state index in [2.05, 4.69) is 0 Å². The largest absolute Gasteiger partial charge is 0.497 e. The van der Waals surface area contributed by atoms with Gasteiger partial charge in [-0.25, -0.2) is 4.79 Å². The first-order valence-electron chi connectivity index (χ1n) is 8.47. The molecule has 4 heteroatoms. The molecule has 0 saturated heterocycles. The molecule has 0 aliphatic rings. The number of anilines is 2. The number of hydrogen-bond donors (Lipinski definition) is 0. The van der Waals surface area contributed by atoms with E-state index in [4.69, 9.17) is 4.74 Å². The summed E-state index contributed by atoms with van der Waals surface area (Å²) in [5, 5.41) is 0. The number of urea groups is 1. The second-order valence-electron chi connectivity index (χ2n) is 5.99. The molecule has 0 unspecified atom stereocenters. The summed E-state index contributed by atoms with van der Waals surface area (Å²) >= 11 is 0. The predicted octanol–water partition coefficient (Wildman–Crippen LogP) is 5.09. The van der Waals surface area contributed by atoms with Gasteiger partial charge in [0.05, 0.1) is 18.5 Å². The number of ether oxygens (including phenoxy) is 1. The molecule has 0 N–H and O–H groups in total. The van der Waals surface area contributed by atoms with Crippen molar-refractivity contribution < 1.29 is 9.53 Å². The molecule has 0 bridgehead atoms. The molecule has 26 heavy (non-hydrogen) atoms. The Morgan fingerprint density at radius 2 is 1.31 bits per heavy atom. The number of para-hydroxylation sites is 2. The van der Waals surface area contributed by atoms with Crippen LogP contribution in [-0.2, 0) is 6.54 Å². The Morgan fingerprint density at radius 3 is 1.77 bits per heavy atom. The monoisotopic (exact) mass is 346 g/mol. The molecule has 3 rings (SSSR count). The van der Waals surface area contributed by atoms with Gasteiger partial charge in [0.2, 0.25) is 0 Å². The highest BCUT2D eigenvalue weighted by atomic mass is 16.5. The summed E-state index contributed by atoms with van der Waals surface area (Å²) in [6.07, 6.45) is 0. The lowest BCUT2D eigenvalue weighted by atomic mass is 10.2. The maximum Gasteiger partial charge on any atom is 0.329 e. The maximum atomic E-state index is 13.2. The van der Waals surface area contributed by atoms with Gasteiger partial charge in [0, 0.05) is 13.6 Å². The van der Waals surface area contributed by atoms with Crippen LogP contribution < -0.4 is 9.64 Å². The molecule has 0 aliphatic carbocycles. The molecule has 132 valence electrons. The van der Waals surface area contributed by atoms with Gasteiger partial charge in [0.25, 0.3) is 0 Å². The molecule has 4 nitrogen and oxygen atoms in total. The molecule has 3 aromatic rings. The summed E-state index contributed by atoms with van der Waals surface area (Å²) in [5.74, 6) is 0.804. The van der Waals surface area contributed by atoms with Gasteiger partial charge < -0.3 is 9.64 Å². The van der Waals surface area contributed by atoms with Gasteiger partial charge in [0.1, 0.15) is 5.75 Å². The van der Waals surface area contributed by atoms with Crippen LogP contribution in [0.1, 0.15) is 5.56 Å². The Labute approximate surface area is 154 Å². The van der Waals surface area contributed by atoms with Crippen LogP contribution in [0.15, 0.2) is 84.9 Å². The Balaban J connectivity index is 1.84. The predicted molar refractivity (Wildman–Crippen MR) is 105 cm³/mol. The van der Waals surface area contributed by atoms with Gasteiger partial charge in [-0.05, 0) is 42.0 Å². The van der Waals surface area contributed by atoms with E-state index < -0.39 is 0 Å². The first-order chi connectivity index (χ1) is 12.7. The van der Waals surface area contributed by atoms with Crippen LogP contribution >= 0.6 is 0 Å². The van der Waals surface area contributed by atoms with Crippen molar-refractivity contribution in [1.82, 2.24) is 4.90 Å². The summed E-state index contributed by atoms with van der Waals surface area (Å²) in [6.45, 7) is 0.513. The molecule has 2 amide bonds. The molecule has 0 fully saturated rings. The highest BCUT2D eigenvalue weighted by molar-refractivity contribution is 5.99. The van der Waals surface area contributed by atoms with Crippen LogP contribution in [0.25, 0.3) is 0 Å². The zero-order chi connectivity index (χ0) is 18.4. The zero-order valence-corrected chi connectivity index (χ0v) is 15.0. The minimum absolute atomic E-state index is 0.0850. The van der Waals surface area contributed by atoms with Gasteiger partial charge in [-0.1, -0.05) is 48.5 Å². The number of amides is 2. The van der Waals surface area contributed by atoms with E-state index in [1.54, 1.807) is 16.9 Å². The normalized spacial score (nSPS) is 10.2. The fourth-order valence-electron chi connectivity index (χ4n) is 2.77. The Bertz CT molecular complexity index is 794. The van der Waals surface area contributed by atoms with Crippen molar-refractivity contribution in [2.45, 2.75) is 6.54 Å². The van der Waals surface area contributed by atoms with E-state index in [9.17, 15) is 4.79 Å². The number of hydrogen-bond acceptors (Lipinski definition) is 2. The molecule has 0 heterocycles. The van der Waals surface area contributed by atoms with Gasteiger partial charge >= 0.3 is 6.03 Å². The molecule has 0 atom stereocenters. The highest BCUT2D eigenvalue weighted by Crippen LogP contribution is 2.26. The summed E-state index contributed by atoms with van der Waals surface area (Å²) in [4.78, 5) is 16.6. The van der Waals surface area contributed by atoms with Gasteiger partial charge in [-0.2, -0.15) is 0 Å². The smallest absolute Gasteiger partial charge is 0.329 e. The van der Waals surface area contributed by atoms with Gasteiger partial charge in [0.15, 0.2) is 0 Å². The van der Waals surface area contributed by atoms with Crippen molar-refractivity contribution >= 4 is 17.4 Å². The SMILES string of the molecule is COc1ccc(CN(C)C(=O)N(c2ccccc2)c2ccccc2)cc1. The van der Waals surface area contributed by atoms with Crippen LogP contribution in [0, 0.1) is 0 Å². The first-order valence-corrected chi connectivity index (χ1v) is 8.47. The molecule has 0 aliphatic heterocycles. The van der Waals surface area contributed by atoms with Crippen LogP contribution in [-0.4, -0.2) is 25.1 Å². The Hall–Kier alpha value is -3.27. The number of rotatable bonds is 5. The topological polar surface area (TPSA) is 32.8 Å². The number of carbonyl (C=O) groups excluding carboxylic acids is 1. The van der Waals surface area contributed by atoms with Crippen molar-refractivity contribution in [1.29, 1.82) is 0 Å². The van der Waals surface area contributed by atoms with Crippen LogP contribution in [0.3, 0.4) is 0 Å². The maximum absolute atomic E-state index is 13.2. The lowest BCUT2D eigenvalue weighted by Crippen LogP contribution is -2.38. The van der Waals surface area contributed by atoms with Gasteiger partial charge in [-0.3, -0.25) is 4.90 Å². The van der Waals surface area contributed by atoms with Gasteiger partial charge in [-0.15, -0.1) is 0 Å². The van der Waals surface area contributed by atoms with E-state index in [-0.39, 0.29) is 6.03 Å². The van der Waals surface area contributed by atoms with Crippen LogP contribution in [0.5, 0.6) is 5.75 Å². The molecular weight excluding hydrogens is 324 g/mol. The summed E-state index contributed by atoms with van der Waals surface area (Å²) in [6, 6.07) is 27.0. The number of benzene rings is 3. The lowest BCUT2D eigenvalue weighted by Gasteiger charge is -2.28. The lowest BCUT2D eigenvalue weighted by molar-refractivity contribution is 0.216. The number of nitrogens with zero attached hydrogens (tertiary/aromatic N) is 2.